The lowest BCUT2D eigenvalue weighted by atomic mass is 9.94. The van der Waals surface area contributed by atoms with E-state index in [2.05, 4.69) is 19.8 Å². The van der Waals surface area contributed by atoms with Crippen molar-refractivity contribution in [3.8, 4) is 0 Å². The van der Waals surface area contributed by atoms with Gasteiger partial charge in [0.1, 0.15) is 5.82 Å². The van der Waals surface area contributed by atoms with Gasteiger partial charge in [0.05, 0.1) is 6.04 Å². The van der Waals surface area contributed by atoms with Crippen LogP contribution in [0.2, 0.25) is 0 Å². The van der Waals surface area contributed by atoms with Gasteiger partial charge in [0.2, 0.25) is 5.91 Å². The highest BCUT2D eigenvalue weighted by Gasteiger charge is 2.30. The van der Waals surface area contributed by atoms with Gasteiger partial charge in [-0.05, 0) is 38.1 Å². The quantitative estimate of drug-likeness (QED) is 0.894. The highest BCUT2D eigenvalue weighted by atomic mass is 16.2. The molecule has 0 spiro atoms. The van der Waals surface area contributed by atoms with E-state index in [1.165, 1.54) is 6.42 Å². The number of likely N-dealkylation sites (tertiary alicyclic amines) is 1. The van der Waals surface area contributed by atoms with Gasteiger partial charge in [-0.3, -0.25) is 4.79 Å². The number of carbonyl (C=O) groups excluding carboxylic acids is 1. The van der Waals surface area contributed by atoms with Gasteiger partial charge in [-0.2, -0.15) is 0 Å². The Morgan fingerprint density at radius 2 is 2.35 bits per heavy atom. The summed E-state index contributed by atoms with van der Waals surface area (Å²) in [6, 6.07) is 0.0712. The molecule has 1 N–H and O–H groups in total. The maximum Gasteiger partial charge on any atom is 0.239 e. The van der Waals surface area contributed by atoms with Crippen LogP contribution >= 0.6 is 0 Å². The van der Waals surface area contributed by atoms with Crippen molar-refractivity contribution in [3.05, 3.63) is 18.2 Å². The fourth-order valence-corrected chi connectivity index (χ4v) is 3.40. The predicted octanol–water partition coefficient (Wildman–Crippen LogP) is 0.953. The van der Waals surface area contributed by atoms with Crippen LogP contribution in [-0.2, 0) is 18.3 Å². The number of nitrogens with one attached hydrogen (secondary N) is 1. The molecule has 3 heterocycles. The van der Waals surface area contributed by atoms with Crippen LogP contribution < -0.4 is 5.32 Å². The number of imidazole rings is 1. The normalized spacial score (nSPS) is 26.9. The monoisotopic (exact) mass is 276 g/mol. The number of hydrogen-bond donors (Lipinski definition) is 1. The molecule has 1 aromatic heterocycles. The van der Waals surface area contributed by atoms with Crippen LogP contribution in [0.15, 0.2) is 12.4 Å². The highest BCUT2D eigenvalue weighted by Crippen LogP contribution is 2.21. The summed E-state index contributed by atoms with van der Waals surface area (Å²) >= 11 is 0. The van der Waals surface area contributed by atoms with Gasteiger partial charge in [0.15, 0.2) is 0 Å². The van der Waals surface area contributed by atoms with Gasteiger partial charge >= 0.3 is 0 Å². The molecule has 0 unspecified atom stereocenters. The summed E-state index contributed by atoms with van der Waals surface area (Å²) in [6.07, 6.45) is 9.26. The summed E-state index contributed by atoms with van der Waals surface area (Å²) in [5.74, 6) is 1.99. The van der Waals surface area contributed by atoms with Crippen LogP contribution in [0.25, 0.3) is 0 Å². The van der Waals surface area contributed by atoms with Crippen LogP contribution in [0.4, 0.5) is 0 Å². The van der Waals surface area contributed by atoms with Crippen LogP contribution in [0, 0.1) is 5.92 Å². The average Bonchev–Trinajstić information content (AvgIpc) is 3.11. The molecule has 2 aliphatic heterocycles. The van der Waals surface area contributed by atoms with E-state index < -0.39 is 0 Å². The van der Waals surface area contributed by atoms with Crippen molar-refractivity contribution >= 4 is 5.91 Å². The van der Waals surface area contributed by atoms with Gasteiger partial charge in [-0.15, -0.1) is 0 Å². The summed E-state index contributed by atoms with van der Waals surface area (Å²) in [7, 11) is 2.04. The summed E-state index contributed by atoms with van der Waals surface area (Å²) in [4.78, 5) is 18.9. The van der Waals surface area contributed by atoms with E-state index >= 15 is 0 Å². The van der Waals surface area contributed by atoms with E-state index in [1.807, 2.05) is 19.4 Å². The molecular weight excluding hydrogens is 252 g/mol. The molecule has 1 aromatic rings. The Balaban J connectivity index is 1.58. The molecule has 2 fully saturated rings. The second-order valence-corrected chi connectivity index (χ2v) is 6.10. The first-order chi connectivity index (χ1) is 9.74. The van der Waals surface area contributed by atoms with Crippen molar-refractivity contribution in [2.75, 3.05) is 19.6 Å². The zero-order chi connectivity index (χ0) is 13.9. The summed E-state index contributed by atoms with van der Waals surface area (Å²) in [5, 5.41) is 3.32. The third-order valence-corrected chi connectivity index (χ3v) is 4.58. The lowest BCUT2D eigenvalue weighted by Crippen LogP contribution is -2.48. The zero-order valence-electron chi connectivity index (χ0n) is 12.2. The minimum Gasteiger partial charge on any atom is -0.341 e. The standard InChI is InChI=1S/C15H24N4O/c1-18-9-7-17-14(18)10-12-4-3-8-19(11-12)15(20)13-5-2-6-16-13/h7,9,12-13,16H,2-6,8,10-11H2,1H3/t12-,13-/m1/s1. The Morgan fingerprint density at radius 3 is 3.05 bits per heavy atom. The van der Waals surface area contributed by atoms with Crippen molar-refractivity contribution < 1.29 is 4.79 Å². The van der Waals surface area contributed by atoms with Gasteiger partial charge < -0.3 is 14.8 Å². The first-order valence-corrected chi connectivity index (χ1v) is 7.72. The zero-order valence-corrected chi connectivity index (χ0v) is 12.2. The first kappa shape index (κ1) is 13.6. The first-order valence-electron chi connectivity index (χ1n) is 7.72. The Morgan fingerprint density at radius 1 is 1.45 bits per heavy atom. The molecule has 2 aliphatic rings. The second kappa shape index (κ2) is 5.95. The molecule has 2 saturated heterocycles. The molecule has 0 bridgehead atoms. The molecule has 2 atom stereocenters. The molecule has 20 heavy (non-hydrogen) atoms. The maximum atomic E-state index is 12.5. The van der Waals surface area contributed by atoms with Gasteiger partial charge in [-0.1, -0.05) is 0 Å². The third-order valence-electron chi connectivity index (χ3n) is 4.58. The van der Waals surface area contributed by atoms with Crippen LogP contribution in [0.5, 0.6) is 0 Å². The summed E-state index contributed by atoms with van der Waals surface area (Å²) in [6.45, 7) is 2.80. The van der Waals surface area contributed by atoms with Crippen LogP contribution in [-0.4, -0.2) is 46.0 Å². The molecule has 1 amide bonds. The number of rotatable bonds is 3. The fourth-order valence-electron chi connectivity index (χ4n) is 3.40. The number of hydrogen-bond acceptors (Lipinski definition) is 3. The number of amides is 1. The second-order valence-electron chi connectivity index (χ2n) is 6.10. The minimum atomic E-state index is 0.0712. The van der Waals surface area contributed by atoms with E-state index in [0.717, 1.165) is 51.1 Å². The van der Waals surface area contributed by atoms with Crippen molar-refractivity contribution in [2.45, 2.75) is 38.1 Å². The molecular formula is C15H24N4O. The predicted molar refractivity (Wildman–Crippen MR) is 77.2 cm³/mol. The minimum absolute atomic E-state index is 0.0712. The molecule has 5 nitrogen and oxygen atoms in total. The SMILES string of the molecule is Cn1ccnc1C[C@H]1CCCN(C(=O)[C@H]2CCCN2)C1. The van der Waals surface area contributed by atoms with Crippen molar-refractivity contribution in [1.29, 1.82) is 0 Å². The van der Waals surface area contributed by atoms with Crippen molar-refractivity contribution in [2.24, 2.45) is 13.0 Å². The fraction of sp³-hybridized carbons (Fsp3) is 0.733. The topological polar surface area (TPSA) is 50.2 Å². The maximum absolute atomic E-state index is 12.5. The Hall–Kier alpha value is -1.36. The Labute approximate surface area is 120 Å². The van der Waals surface area contributed by atoms with Crippen LogP contribution in [0.3, 0.4) is 0 Å². The number of carbonyl (C=O) groups is 1. The summed E-state index contributed by atoms with van der Waals surface area (Å²) in [5.41, 5.74) is 0. The largest absolute Gasteiger partial charge is 0.341 e. The number of nitrogens with zero attached hydrogens (tertiary/aromatic N) is 3. The van der Waals surface area contributed by atoms with E-state index in [4.69, 9.17) is 0 Å². The Bertz CT molecular complexity index is 464. The molecule has 0 radical (unpaired) electrons. The third kappa shape index (κ3) is 2.87. The molecule has 3 rings (SSSR count). The van der Waals surface area contributed by atoms with Crippen molar-refractivity contribution in [1.82, 2.24) is 19.8 Å². The average molecular weight is 276 g/mol. The molecule has 0 saturated carbocycles. The van der Waals surface area contributed by atoms with E-state index in [0.29, 0.717) is 11.8 Å². The van der Waals surface area contributed by atoms with Gasteiger partial charge in [0, 0.05) is 39.0 Å². The molecule has 0 aliphatic carbocycles. The smallest absolute Gasteiger partial charge is 0.239 e. The van der Waals surface area contributed by atoms with Gasteiger partial charge in [-0.25, -0.2) is 4.98 Å². The number of aromatic nitrogens is 2. The highest BCUT2D eigenvalue weighted by molar-refractivity contribution is 5.82. The Kier molecular flexibility index (Phi) is 4.05. The van der Waals surface area contributed by atoms with Crippen LogP contribution in [0.1, 0.15) is 31.5 Å². The molecule has 5 heteroatoms. The van der Waals surface area contributed by atoms with Crippen molar-refractivity contribution in [3.63, 3.8) is 0 Å². The van der Waals surface area contributed by atoms with E-state index in [9.17, 15) is 4.79 Å². The molecule has 0 aromatic carbocycles. The van der Waals surface area contributed by atoms with Gasteiger partial charge in [0.25, 0.3) is 0 Å². The lowest BCUT2D eigenvalue weighted by molar-refractivity contribution is -0.134. The summed E-state index contributed by atoms with van der Waals surface area (Å²) < 4.78 is 2.08. The van der Waals surface area contributed by atoms with E-state index in [1.54, 1.807) is 0 Å². The molecule has 110 valence electrons. The van der Waals surface area contributed by atoms with E-state index in [-0.39, 0.29) is 6.04 Å². The lowest BCUT2D eigenvalue weighted by Gasteiger charge is -2.34. The number of aryl methyl sites for hydroxylation is 1. The number of piperidine rings is 1.